The molecule has 3 amide bonds. The minimum Gasteiger partial charge on any atom is -0.456 e. The largest absolute Gasteiger partial charge is 0.456 e. The molecule has 7 nitrogen and oxygen atoms in total. The lowest BCUT2D eigenvalue weighted by Crippen LogP contribution is -2.42. The number of ketones is 1. The molecule has 1 aromatic rings. The van der Waals surface area contributed by atoms with Crippen LogP contribution < -0.4 is 10.6 Å². The van der Waals surface area contributed by atoms with E-state index >= 15 is 0 Å². The average molecular weight is 340 g/mol. The van der Waals surface area contributed by atoms with Crippen LogP contribution in [0.5, 0.6) is 0 Å². The zero-order valence-corrected chi connectivity index (χ0v) is 13.9. The van der Waals surface area contributed by atoms with E-state index in [0.29, 0.717) is 11.4 Å². The first-order valence-electron chi connectivity index (χ1n) is 7.18. The third-order valence-corrected chi connectivity index (χ3v) is 3.55. The average Bonchev–Trinajstić information content (AvgIpc) is 3.03. The molecular weight excluding hydrogens is 320 g/mol. The highest BCUT2D eigenvalue weighted by molar-refractivity contribution is 7.12. The number of hydrogen-bond donors (Lipinski definition) is 2. The monoisotopic (exact) mass is 340 g/mol. The van der Waals surface area contributed by atoms with Gasteiger partial charge in [0.25, 0.3) is 5.91 Å². The van der Waals surface area contributed by atoms with Gasteiger partial charge in [-0.1, -0.05) is 19.9 Å². The third-order valence-electron chi connectivity index (χ3n) is 2.64. The Kier molecular flexibility index (Phi) is 7.96. The Morgan fingerprint density at radius 2 is 1.96 bits per heavy atom. The molecule has 126 valence electrons. The van der Waals surface area contributed by atoms with E-state index in [2.05, 4.69) is 5.32 Å². The number of ether oxygens (including phenoxy) is 1. The summed E-state index contributed by atoms with van der Waals surface area (Å²) >= 11 is 1.30. The molecule has 0 bridgehead atoms. The second kappa shape index (κ2) is 9.73. The number of thiophene rings is 1. The van der Waals surface area contributed by atoms with Crippen LogP contribution in [0.3, 0.4) is 0 Å². The fraction of sp³-hybridized carbons (Fsp3) is 0.467. The molecule has 1 rings (SSSR count). The van der Waals surface area contributed by atoms with E-state index in [1.165, 1.54) is 11.3 Å². The van der Waals surface area contributed by atoms with Crippen molar-refractivity contribution in [2.75, 3.05) is 13.2 Å². The van der Waals surface area contributed by atoms with Crippen molar-refractivity contribution in [3.8, 4) is 0 Å². The van der Waals surface area contributed by atoms with Gasteiger partial charge in [-0.05, 0) is 17.4 Å². The van der Waals surface area contributed by atoms with Crippen LogP contribution >= 0.6 is 11.3 Å². The van der Waals surface area contributed by atoms with Gasteiger partial charge in [0.15, 0.2) is 12.4 Å². The number of amides is 3. The van der Waals surface area contributed by atoms with Crippen molar-refractivity contribution in [3.63, 3.8) is 0 Å². The van der Waals surface area contributed by atoms with Crippen LogP contribution in [0.2, 0.25) is 0 Å². The minimum atomic E-state index is -0.718. The standard InChI is InChI=1S/C15H20N2O5S/c1-10(2)8-16-15(21)17-13(19)9-22-14(20)6-5-11(18)12-4-3-7-23-12/h3-4,7,10H,5-6,8-9H2,1-2H3,(H2,16,17,19,21). The summed E-state index contributed by atoms with van der Waals surface area (Å²) in [5.41, 5.74) is 0. The topological polar surface area (TPSA) is 102 Å². The van der Waals surface area contributed by atoms with Gasteiger partial charge in [0, 0.05) is 13.0 Å². The Hall–Kier alpha value is -2.22. The molecular formula is C15H20N2O5S. The van der Waals surface area contributed by atoms with E-state index in [9.17, 15) is 19.2 Å². The molecule has 1 aromatic heterocycles. The number of nitrogens with one attached hydrogen (secondary N) is 2. The molecule has 0 saturated carbocycles. The fourth-order valence-corrected chi connectivity index (χ4v) is 2.19. The van der Waals surface area contributed by atoms with E-state index in [0.717, 1.165) is 0 Å². The van der Waals surface area contributed by atoms with Gasteiger partial charge >= 0.3 is 12.0 Å². The molecule has 0 spiro atoms. The lowest BCUT2D eigenvalue weighted by atomic mass is 10.2. The van der Waals surface area contributed by atoms with Crippen LogP contribution in [0.1, 0.15) is 36.4 Å². The van der Waals surface area contributed by atoms with Crippen molar-refractivity contribution in [2.45, 2.75) is 26.7 Å². The van der Waals surface area contributed by atoms with Crippen LogP contribution in [-0.4, -0.2) is 36.8 Å². The van der Waals surface area contributed by atoms with Crippen molar-refractivity contribution >= 4 is 35.0 Å². The SMILES string of the molecule is CC(C)CNC(=O)NC(=O)COC(=O)CCC(=O)c1cccs1. The quantitative estimate of drug-likeness (QED) is 0.554. The van der Waals surface area contributed by atoms with Crippen molar-refractivity contribution in [1.29, 1.82) is 0 Å². The number of rotatable bonds is 8. The number of esters is 1. The van der Waals surface area contributed by atoms with Gasteiger partial charge < -0.3 is 10.1 Å². The van der Waals surface area contributed by atoms with Crippen LogP contribution in [0.25, 0.3) is 0 Å². The maximum atomic E-state index is 11.7. The van der Waals surface area contributed by atoms with Gasteiger partial charge in [-0.15, -0.1) is 11.3 Å². The number of hydrogen-bond acceptors (Lipinski definition) is 6. The van der Waals surface area contributed by atoms with Crippen molar-refractivity contribution in [3.05, 3.63) is 22.4 Å². The smallest absolute Gasteiger partial charge is 0.321 e. The Labute approximate surface area is 138 Å². The van der Waals surface area contributed by atoms with Crippen LogP contribution in [0, 0.1) is 5.92 Å². The Morgan fingerprint density at radius 1 is 1.22 bits per heavy atom. The van der Waals surface area contributed by atoms with Gasteiger partial charge in [0.2, 0.25) is 0 Å². The van der Waals surface area contributed by atoms with Crippen LogP contribution in [-0.2, 0) is 14.3 Å². The second-order valence-corrected chi connectivity index (χ2v) is 6.16. The number of carbonyl (C=O) groups is 4. The Bertz CT molecular complexity index is 554. The molecule has 0 unspecified atom stereocenters. The first kappa shape index (κ1) is 18.8. The first-order valence-corrected chi connectivity index (χ1v) is 8.06. The zero-order chi connectivity index (χ0) is 17.2. The van der Waals surface area contributed by atoms with E-state index in [1.54, 1.807) is 17.5 Å². The summed E-state index contributed by atoms with van der Waals surface area (Å²) in [6.45, 7) is 3.72. The summed E-state index contributed by atoms with van der Waals surface area (Å²) < 4.78 is 4.72. The number of carbonyl (C=O) groups excluding carboxylic acids is 4. The molecule has 0 aliphatic heterocycles. The highest BCUT2D eigenvalue weighted by Crippen LogP contribution is 2.12. The highest BCUT2D eigenvalue weighted by Gasteiger charge is 2.13. The zero-order valence-electron chi connectivity index (χ0n) is 13.1. The predicted molar refractivity (Wildman–Crippen MR) is 85.2 cm³/mol. The highest BCUT2D eigenvalue weighted by atomic mass is 32.1. The Morgan fingerprint density at radius 3 is 2.57 bits per heavy atom. The first-order chi connectivity index (χ1) is 10.9. The van der Waals surface area contributed by atoms with Gasteiger partial charge in [0.1, 0.15) is 0 Å². The molecule has 0 aromatic carbocycles. The maximum Gasteiger partial charge on any atom is 0.321 e. The van der Waals surface area contributed by atoms with E-state index in [-0.39, 0.29) is 24.5 Å². The minimum absolute atomic E-state index is 0.0237. The van der Waals surface area contributed by atoms with E-state index in [4.69, 9.17) is 4.74 Å². The van der Waals surface area contributed by atoms with Crippen molar-refractivity contribution < 1.29 is 23.9 Å². The summed E-state index contributed by atoms with van der Waals surface area (Å²) in [4.78, 5) is 46.5. The number of Topliss-reactive ketones (excluding diaryl/α,β-unsaturated/α-hetero) is 1. The number of urea groups is 1. The molecule has 0 aliphatic rings. The molecule has 23 heavy (non-hydrogen) atoms. The molecule has 0 aliphatic carbocycles. The molecule has 0 fully saturated rings. The van der Waals surface area contributed by atoms with Crippen molar-refractivity contribution in [1.82, 2.24) is 10.6 Å². The predicted octanol–water partition coefficient (Wildman–Crippen LogP) is 1.74. The summed E-state index contributed by atoms with van der Waals surface area (Å²) in [6.07, 6.45) is -0.0839. The second-order valence-electron chi connectivity index (χ2n) is 5.21. The summed E-state index contributed by atoms with van der Waals surface area (Å²) in [6, 6.07) is 2.81. The third kappa shape index (κ3) is 8.10. The molecule has 0 atom stereocenters. The molecule has 1 heterocycles. The summed E-state index contributed by atoms with van der Waals surface area (Å²) in [5.74, 6) is -1.26. The summed E-state index contributed by atoms with van der Waals surface area (Å²) in [5, 5.41) is 6.33. The van der Waals surface area contributed by atoms with E-state index < -0.39 is 24.5 Å². The van der Waals surface area contributed by atoms with Gasteiger partial charge in [0.05, 0.1) is 11.3 Å². The molecule has 2 N–H and O–H groups in total. The van der Waals surface area contributed by atoms with Crippen LogP contribution in [0.15, 0.2) is 17.5 Å². The summed E-state index contributed by atoms with van der Waals surface area (Å²) in [7, 11) is 0. The van der Waals surface area contributed by atoms with Crippen molar-refractivity contribution in [2.24, 2.45) is 5.92 Å². The molecule has 0 radical (unpaired) electrons. The maximum absolute atomic E-state index is 11.7. The normalized spacial score (nSPS) is 10.2. The lowest BCUT2D eigenvalue weighted by molar-refractivity contribution is -0.148. The molecule has 8 heteroatoms. The Balaban J connectivity index is 2.18. The van der Waals surface area contributed by atoms with Crippen LogP contribution in [0.4, 0.5) is 4.79 Å². The fourth-order valence-electron chi connectivity index (χ4n) is 1.50. The van der Waals surface area contributed by atoms with Gasteiger partial charge in [-0.2, -0.15) is 0 Å². The van der Waals surface area contributed by atoms with E-state index in [1.807, 2.05) is 19.2 Å². The van der Waals surface area contributed by atoms with Gasteiger partial charge in [-0.25, -0.2) is 4.79 Å². The molecule has 0 saturated heterocycles. The van der Waals surface area contributed by atoms with Gasteiger partial charge in [-0.3, -0.25) is 19.7 Å². The number of imide groups is 1. The lowest BCUT2D eigenvalue weighted by Gasteiger charge is -2.08.